The molecule has 0 radical (unpaired) electrons. The van der Waals surface area contributed by atoms with Crippen LogP contribution in [-0.4, -0.2) is 27.5 Å². The van der Waals surface area contributed by atoms with Crippen molar-refractivity contribution in [2.75, 3.05) is 0 Å². The van der Waals surface area contributed by atoms with Crippen LogP contribution in [0, 0.1) is 0 Å². The van der Waals surface area contributed by atoms with Gasteiger partial charge in [-0.1, -0.05) is 0 Å². The summed E-state index contributed by atoms with van der Waals surface area (Å²) in [5.74, 6) is 0.618. The molecule has 18 heavy (non-hydrogen) atoms. The smallest absolute Gasteiger partial charge is 0.408 e. The summed E-state index contributed by atoms with van der Waals surface area (Å²) in [6, 6.07) is -0.475. The normalized spacial score (nSPS) is 12.9. The molecule has 0 aliphatic rings. The van der Waals surface area contributed by atoms with Gasteiger partial charge >= 0.3 is 6.09 Å². The number of hydrogen-bond donors (Lipinski definition) is 1. The van der Waals surface area contributed by atoms with E-state index in [1.165, 1.54) is 0 Å². The highest BCUT2D eigenvalue weighted by Crippen LogP contribution is 2.14. The molecule has 1 N–H and O–H groups in total. The van der Waals surface area contributed by atoms with Gasteiger partial charge in [-0.2, -0.15) is 0 Å². The third-order valence-electron chi connectivity index (χ3n) is 2.19. The monoisotopic (exact) mass is 253 g/mol. The topological polar surface area (TPSA) is 73.2 Å². The number of rotatable bonds is 4. The highest BCUT2D eigenvalue weighted by Gasteiger charge is 2.22. The van der Waals surface area contributed by atoms with E-state index in [1.807, 2.05) is 0 Å². The molecule has 0 aromatic carbocycles. The first-order chi connectivity index (χ1) is 8.33. The summed E-state index contributed by atoms with van der Waals surface area (Å²) < 4.78 is 6.90. The summed E-state index contributed by atoms with van der Waals surface area (Å²) >= 11 is 0. The molecule has 1 heterocycles. The zero-order valence-corrected chi connectivity index (χ0v) is 11.1. The molecule has 0 aliphatic heterocycles. The number of aryl methyl sites for hydroxylation is 1. The molecule has 100 valence electrons. The van der Waals surface area contributed by atoms with Gasteiger partial charge in [-0.25, -0.2) is 9.78 Å². The van der Waals surface area contributed by atoms with Gasteiger partial charge in [0.2, 0.25) is 0 Å². The maximum Gasteiger partial charge on any atom is 0.408 e. The number of amides is 1. The Morgan fingerprint density at radius 1 is 1.61 bits per heavy atom. The van der Waals surface area contributed by atoms with Gasteiger partial charge in [0.05, 0.1) is 6.04 Å². The standard InChI is InChI=1S/C12H19N3O3/c1-12(2,3)18-11(17)14-9(5-8-16)10-13-6-7-15(10)4/h6-9H,5H2,1-4H3,(H,14,17)/t9-/m1/s1. The average Bonchev–Trinajstić information content (AvgIpc) is 2.60. The lowest BCUT2D eigenvalue weighted by Crippen LogP contribution is -2.36. The number of carbonyl (C=O) groups excluding carboxylic acids is 2. The Kier molecular flexibility index (Phi) is 4.47. The van der Waals surface area contributed by atoms with E-state index in [0.29, 0.717) is 5.82 Å². The van der Waals surface area contributed by atoms with E-state index in [4.69, 9.17) is 4.74 Å². The van der Waals surface area contributed by atoms with E-state index in [0.717, 1.165) is 6.29 Å². The number of nitrogens with one attached hydrogen (secondary N) is 1. The molecule has 1 aromatic heterocycles. The molecule has 0 fully saturated rings. The van der Waals surface area contributed by atoms with Crippen molar-refractivity contribution in [3.8, 4) is 0 Å². The van der Waals surface area contributed by atoms with Crippen molar-refractivity contribution >= 4 is 12.4 Å². The lowest BCUT2D eigenvalue weighted by atomic mass is 10.2. The molecule has 6 nitrogen and oxygen atoms in total. The van der Waals surface area contributed by atoms with E-state index in [-0.39, 0.29) is 6.42 Å². The van der Waals surface area contributed by atoms with E-state index >= 15 is 0 Å². The van der Waals surface area contributed by atoms with Crippen molar-refractivity contribution in [2.24, 2.45) is 7.05 Å². The van der Waals surface area contributed by atoms with Gasteiger partial charge < -0.3 is 19.4 Å². The van der Waals surface area contributed by atoms with E-state index in [9.17, 15) is 9.59 Å². The predicted octanol–water partition coefficient (Wildman–Crippen LogP) is 1.57. The first-order valence-corrected chi connectivity index (χ1v) is 5.74. The molecule has 0 spiro atoms. The maximum atomic E-state index is 11.7. The van der Waals surface area contributed by atoms with Gasteiger partial charge in [0.15, 0.2) is 0 Å². The Labute approximate surface area is 106 Å². The van der Waals surface area contributed by atoms with Crippen LogP contribution >= 0.6 is 0 Å². The Bertz CT molecular complexity index is 420. The van der Waals surface area contributed by atoms with E-state index in [1.54, 1.807) is 44.8 Å². The number of aromatic nitrogens is 2. The zero-order chi connectivity index (χ0) is 13.8. The lowest BCUT2D eigenvalue weighted by Gasteiger charge is -2.22. The van der Waals surface area contributed by atoms with Crippen LogP contribution in [0.2, 0.25) is 0 Å². The van der Waals surface area contributed by atoms with Gasteiger partial charge in [0.1, 0.15) is 17.7 Å². The summed E-state index contributed by atoms with van der Waals surface area (Å²) in [7, 11) is 1.80. The average molecular weight is 253 g/mol. The molecular formula is C12H19N3O3. The van der Waals surface area contributed by atoms with Crippen LogP contribution in [0.1, 0.15) is 39.1 Å². The fourth-order valence-electron chi connectivity index (χ4n) is 1.49. The van der Waals surface area contributed by atoms with E-state index < -0.39 is 17.7 Å². The fourth-order valence-corrected chi connectivity index (χ4v) is 1.49. The Hall–Kier alpha value is -1.85. The van der Waals surface area contributed by atoms with Crippen LogP contribution < -0.4 is 5.32 Å². The van der Waals surface area contributed by atoms with Gasteiger partial charge in [-0.05, 0) is 20.8 Å². The molecule has 0 aliphatic carbocycles. The number of aldehydes is 1. The maximum absolute atomic E-state index is 11.7. The number of nitrogens with zero attached hydrogens (tertiary/aromatic N) is 2. The Morgan fingerprint density at radius 2 is 2.28 bits per heavy atom. The highest BCUT2D eigenvalue weighted by atomic mass is 16.6. The second-order valence-corrected chi connectivity index (χ2v) is 5.00. The van der Waals surface area contributed by atoms with Crippen LogP contribution in [-0.2, 0) is 16.6 Å². The first-order valence-electron chi connectivity index (χ1n) is 5.74. The molecule has 0 bridgehead atoms. The molecule has 1 atom stereocenters. The van der Waals surface area contributed by atoms with Crippen molar-refractivity contribution in [1.82, 2.24) is 14.9 Å². The fraction of sp³-hybridized carbons (Fsp3) is 0.583. The minimum Gasteiger partial charge on any atom is -0.444 e. The van der Waals surface area contributed by atoms with Crippen molar-refractivity contribution in [1.29, 1.82) is 0 Å². The largest absolute Gasteiger partial charge is 0.444 e. The highest BCUT2D eigenvalue weighted by molar-refractivity contribution is 5.69. The van der Waals surface area contributed by atoms with Crippen molar-refractivity contribution in [2.45, 2.75) is 38.8 Å². The SMILES string of the molecule is Cn1ccnc1[C@@H](CC=O)NC(=O)OC(C)(C)C. The first kappa shape index (κ1) is 14.2. The number of carbonyl (C=O) groups is 2. The van der Waals surface area contributed by atoms with Gasteiger partial charge in [-0.3, -0.25) is 0 Å². The molecule has 0 saturated heterocycles. The molecule has 1 aromatic rings. The second-order valence-electron chi connectivity index (χ2n) is 5.00. The third kappa shape index (κ3) is 4.20. The minimum absolute atomic E-state index is 0.157. The molecule has 1 rings (SSSR count). The van der Waals surface area contributed by atoms with Crippen LogP contribution in [0.15, 0.2) is 12.4 Å². The van der Waals surface area contributed by atoms with Crippen molar-refractivity contribution in [3.05, 3.63) is 18.2 Å². The van der Waals surface area contributed by atoms with Crippen LogP contribution in [0.4, 0.5) is 4.79 Å². The lowest BCUT2D eigenvalue weighted by molar-refractivity contribution is -0.108. The predicted molar refractivity (Wildman–Crippen MR) is 66.0 cm³/mol. The van der Waals surface area contributed by atoms with Gasteiger partial charge in [0, 0.05) is 25.9 Å². The molecular weight excluding hydrogens is 234 g/mol. The van der Waals surface area contributed by atoms with E-state index in [2.05, 4.69) is 10.3 Å². The zero-order valence-electron chi connectivity index (χ0n) is 11.1. The second kappa shape index (κ2) is 5.66. The Balaban J connectivity index is 2.73. The number of hydrogen-bond acceptors (Lipinski definition) is 4. The Morgan fingerprint density at radius 3 is 2.72 bits per heavy atom. The summed E-state index contributed by atoms with van der Waals surface area (Å²) in [5, 5.41) is 2.64. The number of ether oxygens (including phenoxy) is 1. The van der Waals surface area contributed by atoms with Gasteiger partial charge in [-0.15, -0.1) is 0 Å². The summed E-state index contributed by atoms with van der Waals surface area (Å²) in [5.41, 5.74) is -0.572. The van der Waals surface area contributed by atoms with Crippen LogP contribution in [0.3, 0.4) is 0 Å². The molecule has 6 heteroatoms. The van der Waals surface area contributed by atoms with Gasteiger partial charge in [0.25, 0.3) is 0 Å². The number of imidazole rings is 1. The summed E-state index contributed by atoms with van der Waals surface area (Å²) in [6.45, 7) is 5.34. The van der Waals surface area contributed by atoms with Crippen LogP contribution in [0.5, 0.6) is 0 Å². The van der Waals surface area contributed by atoms with Crippen molar-refractivity contribution in [3.63, 3.8) is 0 Å². The summed E-state index contributed by atoms with van der Waals surface area (Å²) in [4.78, 5) is 26.4. The molecule has 0 unspecified atom stereocenters. The third-order valence-corrected chi connectivity index (χ3v) is 2.19. The van der Waals surface area contributed by atoms with Crippen molar-refractivity contribution < 1.29 is 14.3 Å². The van der Waals surface area contributed by atoms with Crippen LogP contribution in [0.25, 0.3) is 0 Å². The molecule has 1 amide bonds. The minimum atomic E-state index is -0.572. The quantitative estimate of drug-likeness (QED) is 0.827. The summed E-state index contributed by atoms with van der Waals surface area (Å²) in [6.07, 6.45) is 3.71. The number of alkyl carbamates (subject to hydrolysis) is 1. The molecule has 0 saturated carbocycles.